The van der Waals surface area contributed by atoms with Gasteiger partial charge in [-0.15, -0.1) is 0 Å². The van der Waals surface area contributed by atoms with Crippen molar-refractivity contribution < 1.29 is 0 Å². The summed E-state index contributed by atoms with van der Waals surface area (Å²) in [7, 11) is 0. The van der Waals surface area contributed by atoms with Crippen molar-refractivity contribution in [3.8, 4) is 11.1 Å². The van der Waals surface area contributed by atoms with E-state index in [1.54, 1.807) is 0 Å². The highest BCUT2D eigenvalue weighted by molar-refractivity contribution is 5.65. The van der Waals surface area contributed by atoms with Crippen LogP contribution < -0.4 is 0 Å². The van der Waals surface area contributed by atoms with Gasteiger partial charge >= 0.3 is 0 Å². The van der Waals surface area contributed by atoms with Gasteiger partial charge in [-0.3, -0.25) is 0 Å². The first-order valence-electron chi connectivity index (χ1n) is 9.90. The van der Waals surface area contributed by atoms with Crippen molar-refractivity contribution in [1.29, 1.82) is 0 Å². The molecule has 3 heterocycles. The molecule has 1 aliphatic carbocycles. The Morgan fingerprint density at radius 3 is 2.62 bits per heavy atom. The van der Waals surface area contributed by atoms with Crippen LogP contribution in [0.4, 0.5) is 0 Å². The summed E-state index contributed by atoms with van der Waals surface area (Å²) in [5.74, 6) is 2.52. The summed E-state index contributed by atoms with van der Waals surface area (Å²) in [6.45, 7) is 5.84. The van der Waals surface area contributed by atoms with E-state index in [0.717, 1.165) is 17.4 Å². The molecule has 0 amide bonds. The van der Waals surface area contributed by atoms with Crippen LogP contribution >= 0.6 is 0 Å². The Morgan fingerprint density at radius 2 is 1.85 bits per heavy atom. The van der Waals surface area contributed by atoms with Crippen LogP contribution in [0.15, 0.2) is 42.6 Å². The molecular formula is C22H26N4. The molecule has 2 aliphatic rings. The molecule has 1 aromatic carbocycles. The lowest BCUT2D eigenvalue weighted by Gasteiger charge is -2.30. The van der Waals surface area contributed by atoms with Gasteiger partial charge in [-0.25, -0.2) is 9.50 Å². The highest BCUT2D eigenvalue weighted by Crippen LogP contribution is 2.33. The monoisotopic (exact) mass is 346 g/mol. The number of hydrogen-bond donors (Lipinski definition) is 0. The Kier molecular flexibility index (Phi) is 4.01. The Labute approximate surface area is 154 Å². The minimum Gasteiger partial charge on any atom is -0.303 e. The summed E-state index contributed by atoms with van der Waals surface area (Å²) in [6.07, 6.45) is 7.37. The lowest BCUT2D eigenvalue weighted by Crippen LogP contribution is -2.34. The molecule has 1 saturated heterocycles. The van der Waals surface area contributed by atoms with Gasteiger partial charge in [0.1, 0.15) is 0 Å². The van der Waals surface area contributed by atoms with E-state index in [1.165, 1.54) is 62.0 Å². The van der Waals surface area contributed by atoms with Crippen LogP contribution in [-0.4, -0.2) is 39.1 Å². The maximum Gasteiger partial charge on any atom is 0.155 e. The first-order valence-corrected chi connectivity index (χ1v) is 9.90. The number of hydrogen-bond acceptors (Lipinski definition) is 3. The van der Waals surface area contributed by atoms with Gasteiger partial charge in [-0.2, -0.15) is 5.10 Å². The molecular weight excluding hydrogens is 320 g/mol. The molecule has 2 aromatic heterocycles. The van der Waals surface area contributed by atoms with Crippen molar-refractivity contribution >= 4 is 5.65 Å². The SMILES string of the molecule is Cc1cccc(-c2ccc3nc(C4CCN(CC5CC5)CC4)nn3c2)c1. The zero-order valence-corrected chi connectivity index (χ0v) is 15.4. The van der Waals surface area contributed by atoms with Gasteiger partial charge in [0.15, 0.2) is 11.5 Å². The molecule has 3 aromatic rings. The molecule has 1 saturated carbocycles. The van der Waals surface area contributed by atoms with Crippen LogP contribution in [0.3, 0.4) is 0 Å². The topological polar surface area (TPSA) is 33.4 Å². The van der Waals surface area contributed by atoms with Gasteiger partial charge in [0.05, 0.1) is 0 Å². The van der Waals surface area contributed by atoms with Crippen LogP contribution in [0.1, 0.15) is 43.0 Å². The van der Waals surface area contributed by atoms with Crippen LogP contribution in [-0.2, 0) is 0 Å². The minimum atomic E-state index is 0.507. The van der Waals surface area contributed by atoms with Crippen molar-refractivity contribution in [2.24, 2.45) is 5.92 Å². The maximum atomic E-state index is 4.83. The number of nitrogens with zero attached hydrogens (tertiary/aromatic N) is 4. The van der Waals surface area contributed by atoms with E-state index < -0.39 is 0 Å². The molecule has 4 heteroatoms. The molecule has 0 spiro atoms. The third kappa shape index (κ3) is 3.26. The molecule has 0 bridgehead atoms. The zero-order chi connectivity index (χ0) is 17.5. The summed E-state index contributed by atoms with van der Waals surface area (Å²) in [5.41, 5.74) is 4.66. The zero-order valence-electron chi connectivity index (χ0n) is 15.4. The van der Waals surface area contributed by atoms with Crippen LogP contribution in [0.25, 0.3) is 16.8 Å². The quantitative estimate of drug-likeness (QED) is 0.706. The van der Waals surface area contributed by atoms with Gasteiger partial charge in [0, 0.05) is 24.2 Å². The van der Waals surface area contributed by atoms with Crippen molar-refractivity contribution in [3.63, 3.8) is 0 Å². The summed E-state index contributed by atoms with van der Waals surface area (Å²) < 4.78 is 1.96. The fourth-order valence-corrected chi connectivity index (χ4v) is 4.11. The molecule has 0 radical (unpaired) electrons. The maximum absolute atomic E-state index is 4.83. The van der Waals surface area contributed by atoms with E-state index >= 15 is 0 Å². The first-order chi connectivity index (χ1) is 12.7. The second kappa shape index (κ2) is 6.51. The summed E-state index contributed by atoms with van der Waals surface area (Å²) in [4.78, 5) is 7.46. The van der Waals surface area contributed by atoms with Gasteiger partial charge in [0.2, 0.25) is 0 Å². The van der Waals surface area contributed by atoms with Crippen molar-refractivity contribution in [3.05, 3.63) is 54.0 Å². The number of aromatic nitrogens is 3. The van der Waals surface area contributed by atoms with E-state index in [1.807, 2.05) is 4.52 Å². The van der Waals surface area contributed by atoms with Crippen LogP contribution in [0.2, 0.25) is 0 Å². The van der Waals surface area contributed by atoms with E-state index in [2.05, 4.69) is 54.4 Å². The average Bonchev–Trinajstić information content (AvgIpc) is 3.37. The van der Waals surface area contributed by atoms with Gasteiger partial charge in [0.25, 0.3) is 0 Å². The predicted molar refractivity (Wildman–Crippen MR) is 104 cm³/mol. The van der Waals surface area contributed by atoms with Gasteiger partial charge in [-0.05, 0) is 69.3 Å². The molecule has 2 fully saturated rings. The Bertz CT molecular complexity index is 917. The number of benzene rings is 1. The first kappa shape index (κ1) is 16.0. The molecule has 26 heavy (non-hydrogen) atoms. The molecule has 4 nitrogen and oxygen atoms in total. The van der Waals surface area contributed by atoms with Crippen molar-refractivity contribution in [2.75, 3.05) is 19.6 Å². The van der Waals surface area contributed by atoms with Crippen LogP contribution in [0, 0.1) is 12.8 Å². The summed E-state index contributed by atoms with van der Waals surface area (Å²) in [5, 5.41) is 4.83. The third-order valence-electron chi connectivity index (χ3n) is 5.86. The second-order valence-corrected chi connectivity index (χ2v) is 8.08. The molecule has 0 atom stereocenters. The van der Waals surface area contributed by atoms with E-state index in [4.69, 9.17) is 10.1 Å². The Hall–Kier alpha value is -2.20. The van der Waals surface area contributed by atoms with Gasteiger partial charge < -0.3 is 4.90 Å². The largest absolute Gasteiger partial charge is 0.303 e. The van der Waals surface area contributed by atoms with E-state index in [9.17, 15) is 0 Å². The number of piperidine rings is 1. The lowest BCUT2D eigenvalue weighted by molar-refractivity contribution is 0.202. The standard InChI is InChI=1S/C22H26N4/c1-16-3-2-4-19(13-16)20-7-8-21-23-22(24-26(21)15-20)18-9-11-25(12-10-18)14-17-5-6-17/h2-4,7-8,13,15,17-18H,5-6,9-12,14H2,1H3. The lowest BCUT2D eigenvalue weighted by atomic mass is 9.96. The van der Waals surface area contributed by atoms with E-state index in [-0.39, 0.29) is 0 Å². The molecule has 0 unspecified atom stereocenters. The highest BCUT2D eigenvalue weighted by Gasteiger charge is 2.28. The average molecular weight is 346 g/mol. The number of likely N-dealkylation sites (tertiary alicyclic amines) is 1. The molecule has 134 valence electrons. The Balaban J connectivity index is 1.35. The second-order valence-electron chi connectivity index (χ2n) is 8.08. The number of pyridine rings is 1. The molecule has 1 aliphatic heterocycles. The summed E-state index contributed by atoms with van der Waals surface area (Å²) in [6, 6.07) is 12.9. The fraction of sp³-hybridized carbons (Fsp3) is 0.455. The fourth-order valence-electron chi connectivity index (χ4n) is 4.11. The van der Waals surface area contributed by atoms with Crippen molar-refractivity contribution in [2.45, 2.75) is 38.5 Å². The number of fused-ring (bicyclic) bond motifs is 1. The highest BCUT2D eigenvalue weighted by atomic mass is 15.3. The number of aryl methyl sites for hydroxylation is 1. The normalized spacial score (nSPS) is 19.3. The molecule has 5 rings (SSSR count). The smallest absolute Gasteiger partial charge is 0.155 e. The summed E-state index contributed by atoms with van der Waals surface area (Å²) >= 11 is 0. The molecule has 0 N–H and O–H groups in total. The van der Waals surface area contributed by atoms with Gasteiger partial charge in [-0.1, -0.05) is 29.8 Å². The van der Waals surface area contributed by atoms with Crippen LogP contribution in [0.5, 0.6) is 0 Å². The number of rotatable bonds is 4. The minimum absolute atomic E-state index is 0.507. The Morgan fingerprint density at radius 1 is 1.00 bits per heavy atom. The third-order valence-corrected chi connectivity index (χ3v) is 5.86. The predicted octanol–water partition coefficient (Wildman–Crippen LogP) is 4.29. The van der Waals surface area contributed by atoms with Crippen molar-refractivity contribution in [1.82, 2.24) is 19.5 Å². The van der Waals surface area contributed by atoms with E-state index in [0.29, 0.717) is 5.92 Å².